The number of rotatable bonds is 8. The van der Waals surface area contributed by atoms with Crippen LogP contribution in [0.15, 0.2) is 36.4 Å². The van der Waals surface area contributed by atoms with Gasteiger partial charge >= 0.3 is 0 Å². The lowest BCUT2D eigenvalue weighted by atomic mass is 10.1. The van der Waals surface area contributed by atoms with Crippen molar-refractivity contribution in [2.75, 3.05) is 38.8 Å². The number of hydrogen-bond acceptors (Lipinski definition) is 7. The zero-order valence-electron chi connectivity index (χ0n) is 16.3. The number of benzene rings is 2. The topological polar surface area (TPSA) is 112 Å². The first-order valence-corrected chi connectivity index (χ1v) is 9.21. The van der Waals surface area contributed by atoms with E-state index in [4.69, 9.17) is 14.2 Å². The first-order chi connectivity index (χ1) is 14.0. The van der Waals surface area contributed by atoms with Crippen molar-refractivity contribution in [2.45, 2.75) is 13.0 Å². The highest BCUT2D eigenvalue weighted by Gasteiger charge is 2.20. The number of methoxy groups -OCH3 is 1. The molecule has 0 radical (unpaired) electrons. The van der Waals surface area contributed by atoms with Crippen molar-refractivity contribution in [2.24, 2.45) is 0 Å². The summed E-state index contributed by atoms with van der Waals surface area (Å²) in [5.74, 6) is 0.880. The van der Waals surface area contributed by atoms with Crippen LogP contribution in [-0.2, 0) is 4.74 Å². The van der Waals surface area contributed by atoms with Crippen molar-refractivity contribution in [3.05, 3.63) is 57.6 Å². The number of fused-ring (bicyclic) bond motifs is 1. The van der Waals surface area contributed by atoms with Crippen LogP contribution in [0.4, 0.5) is 11.4 Å². The molecule has 0 unspecified atom stereocenters. The van der Waals surface area contributed by atoms with E-state index >= 15 is 0 Å². The summed E-state index contributed by atoms with van der Waals surface area (Å²) >= 11 is 0. The lowest BCUT2D eigenvalue weighted by Crippen LogP contribution is -2.28. The Kier molecular flexibility index (Phi) is 6.50. The van der Waals surface area contributed by atoms with Crippen LogP contribution in [0.25, 0.3) is 0 Å². The van der Waals surface area contributed by atoms with E-state index in [0.29, 0.717) is 43.6 Å². The fourth-order valence-corrected chi connectivity index (χ4v) is 2.96. The zero-order valence-corrected chi connectivity index (χ0v) is 16.3. The van der Waals surface area contributed by atoms with E-state index in [2.05, 4.69) is 10.6 Å². The molecule has 3 rings (SSSR count). The number of anilines is 1. The van der Waals surface area contributed by atoms with Crippen LogP contribution in [0.2, 0.25) is 0 Å². The van der Waals surface area contributed by atoms with E-state index in [1.54, 1.807) is 13.2 Å². The summed E-state index contributed by atoms with van der Waals surface area (Å²) in [6.07, 6.45) is 0. The smallest absolute Gasteiger partial charge is 0.270 e. The third-order valence-corrected chi connectivity index (χ3v) is 4.49. The molecule has 2 N–H and O–H groups in total. The van der Waals surface area contributed by atoms with Crippen molar-refractivity contribution >= 4 is 17.3 Å². The Morgan fingerprint density at radius 1 is 1.21 bits per heavy atom. The molecule has 0 spiro atoms. The van der Waals surface area contributed by atoms with E-state index in [0.717, 1.165) is 5.56 Å². The van der Waals surface area contributed by atoms with Crippen LogP contribution in [0.3, 0.4) is 0 Å². The van der Waals surface area contributed by atoms with Gasteiger partial charge in [0.15, 0.2) is 11.5 Å². The van der Waals surface area contributed by atoms with E-state index in [-0.39, 0.29) is 17.3 Å². The number of nitro benzene ring substituents is 1. The molecule has 0 aromatic heterocycles. The molecule has 9 nitrogen and oxygen atoms in total. The number of hydrogen-bond donors (Lipinski definition) is 2. The zero-order chi connectivity index (χ0) is 20.8. The molecule has 1 amide bonds. The lowest BCUT2D eigenvalue weighted by molar-refractivity contribution is -0.384. The minimum Gasteiger partial charge on any atom is -0.486 e. The van der Waals surface area contributed by atoms with Crippen molar-refractivity contribution < 1.29 is 23.9 Å². The first-order valence-electron chi connectivity index (χ1n) is 9.21. The summed E-state index contributed by atoms with van der Waals surface area (Å²) in [6.45, 7) is 3.71. The van der Waals surface area contributed by atoms with Gasteiger partial charge in [0.1, 0.15) is 13.2 Å². The second-order valence-corrected chi connectivity index (χ2v) is 6.50. The average Bonchev–Trinajstić information content (AvgIpc) is 2.73. The second-order valence-electron chi connectivity index (χ2n) is 6.50. The van der Waals surface area contributed by atoms with Crippen LogP contribution >= 0.6 is 0 Å². The van der Waals surface area contributed by atoms with Gasteiger partial charge in [-0.25, -0.2) is 0 Å². The molecule has 0 saturated heterocycles. The number of ether oxygens (including phenoxy) is 3. The molecular weight excluding hydrogens is 378 g/mol. The Bertz CT molecular complexity index is 902. The van der Waals surface area contributed by atoms with Gasteiger partial charge in [0, 0.05) is 31.5 Å². The molecule has 1 atom stereocenters. The van der Waals surface area contributed by atoms with Gasteiger partial charge in [-0.3, -0.25) is 14.9 Å². The fraction of sp³-hybridized carbons (Fsp3) is 0.350. The summed E-state index contributed by atoms with van der Waals surface area (Å²) < 4.78 is 16.1. The first kappa shape index (κ1) is 20.4. The summed E-state index contributed by atoms with van der Waals surface area (Å²) in [5, 5.41) is 17.1. The van der Waals surface area contributed by atoms with Gasteiger partial charge in [0.25, 0.3) is 11.6 Å². The van der Waals surface area contributed by atoms with Crippen molar-refractivity contribution in [1.29, 1.82) is 0 Å². The standard InChI is InChI=1S/C20H23N3O6/c1-13(14-3-6-18-19(11-14)29-10-9-28-18)22-20(24)16-12-15(23(25)26)4-5-17(16)21-7-8-27-2/h3-6,11-13,21H,7-10H2,1-2H3,(H,22,24)/t13-/m1/s1. The predicted octanol–water partition coefficient (Wildman–Crippen LogP) is 2.92. The highest BCUT2D eigenvalue weighted by molar-refractivity contribution is 6.00. The van der Waals surface area contributed by atoms with E-state index in [1.807, 2.05) is 19.1 Å². The van der Waals surface area contributed by atoms with Gasteiger partial charge < -0.3 is 24.8 Å². The Balaban J connectivity index is 1.79. The summed E-state index contributed by atoms with van der Waals surface area (Å²) in [7, 11) is 1.57. The van der Waals surface area contributed by atoms with E-state index in [9.17, 15) is 14.9 Å². The van der Waals surface area contributed by atoms with Crippen LogP contribution in [0.1, 0.15) is 28.9 Å². The molecule has 2 aromatic rings. The highest BCUT2D eigenvalue weighted by Crippen LogP contribution is 2.33. The number of nitrogens with zero attached hydrogens (tertiary/aromatic N) is 1. The Hall–Kier alpha value is -3.33. The maximum absolute atomic E-state index is 12.9. The van der Waals surface area contributed by atoms with Crippen molar-refractivity contribution in [1.82, 2.24) is 5.32 Å². The lowest BCUT2D eigenvalue weighted by Gasteiger charge is -2.21. The fourth-order valence-electron chi connectivity index (χ4n) is 2.96. The third kappa shape index (κ3) is 4.94. The third-order valence-electron chi connectivity index (χ3n) is 4.49. The second kappa shape index (κ2) is 9.24. The van der Waals surface area contributed by atoms with Gasteiger partial charge in [-0.15, -0.1) is 0 Å². The molecule has 1 aliphatic rings. The molecule has 0 aliphatic carbocycles. The predicted molar refractivity (Wildman–Crippen MR) is 107 cm³/mol. The largest absolute Gasteiger partial charge is 0.486 e. The Labute approximate surface area is 168 Å². The van der Waals surface area contributed by atoms with Crippen LogP contribution < -0.4 is 20.1 Å². The number of carbonyl (C=O) groups excluding carboxylic acids is 1. The number of non-ortho nitro benzene ring substituents is 1. The Morgan fingerprint density at radius 3 is 2.69 bits per heavy atom. The molecule has 2 aromatic carbocycles. The monoisotopic (exact) mass is 401 g/mol. The average molecular weight is 401 g/mol. The number of amides is 1. The molecule has 154 valence electrons. The SMILES string of the molecule is COCCNc1ccc([N+](=O)[O-])cc1C(=O)N[C@H](C)c1ccc2c(c1)OCCO2. The summed E-state index contributed by atoms with van der Waals surface area (Å²) in [4.78, 5) is 23.5. The molecule has 0 fully saturated rings. The number of nitrogens with one attached hydrogen (secondary N) is 2. The van der Waals surface area contributed by atoms with Gasteiger partial charge in [0.05, 0.1) is 23.1 Å². The van der Waals surface area contributed by atoms with Crippen molar-refractivity contribution in [3.8, 4) is 11.5 Å². The van der Waals surface area contributed by atoms with E-state index in [1.165, 1.54) is 18.2 Å². The number of nitro groups is 1. The summed E-state index contributed by atoms with van der Waals surface area (Å²) in [5.41, 5.74) is 1.38. The molecule has 1 heterocycles. The molecule has 0 saturated carbocycles. The van der Waals surface area contributed by atoms with Gasteiger partial charge in [-0.2, -0.15) is 0 Å². The molecule has 0 bridgehead atoms. The normalized spacial score (nSPS) is 13.4. The molecule has 1 aliphatic heterocycles. The quantitative estimate of drug-likeness (QED) is 0.397. The van der Waals surface area contributed by atoms with Crippen LogP contribution in [0.5, 0.6) is 11.5 Å². The van der Waals surface area contributed by atoms with Crippen molar-refractivity contribution in [3.63, 3.8) is 0 Å². The number of carbonyl (C=O) groups is 1. The van der Waals surface area contributed by atoms with Crippen LogP contribution in [0, 0.1) is 10.1 Å². The molecule has 9 heteroatoms. The van der Waals surface area contributed by atoms with Gasteiger partial charge in [-0.05, 0) is 30.7 Å². The Morgan fingerprint density at radius 2 is 1.97 bits per heavy atom. The minimum absolute atomic E-state index is 0.153. The minimum atomic E-state index is -0.528. The molecule has 29 heavy (non-hydrogen) atoms. The summed E-state index contributed by atoms with van der Waals surface area (Å²) in [6, 6.07) is 9.28. The van der Waals surface area contributed by atoms with E-state index < -0.39 is 10.8 Å². The highest BCUT2D eigenvalue weighted by atomic mass is 16.6. The van der Waals surface area contributed by atoms with Gasteiger partial charge in [-0.1, -0.05) is 6.07 Å². The van der Waals surface area contributed by atoms with Crippen LogP contribution in [-0.4, -0.2) is 44.3 Å². The maximum atomic E-state index is 12.9. The molecular formula is C20H23N3O6. The van der Waals surface area contributed by atoms with Gasteiger partial charge in [0.2, 0.25) is 0 Å². The maximum Gasteiger partial charge on any atom is 0.270 e.